The number of hydrogen-bond donors (Lipinski definition) is 1. The maximum atomic E-state index is 11.5. The van der Waals surface area contributed by atoms with E-state index in [1.807, 2.05) is 27.1 Å². The van der Waals surface area contributed by atoms with Crippen molar-refractivity contribution in [3.63, 3.8) is 0 Å². The van der Waals surface area contributed by atoms with Crippen molar-refractivity contribution >= 4 is 5.97 Å². The molecule has 1 atom stereocenters. The van der Waals surface area contributed by atoms with Crippen LogP contribution >= 0.6 is 0 Å². The average molecular weight is 225 g/mol. The van der Waals surface area contributed by atoms with Crippen molar-refractivity contribution in [2.45, 2.75) is 26.4 Å². The molecule has 0 spiro atoms. The second-order valence-electron chi connectivity index (χ2n) is 4.15. The van der Waals surface area contributed by atoms with E-state index >= 15 is 0 Å². The topological polar surface area (TPSA) is 56.1 Å². The predicted octanol–water partition coefficient (Wildman–Crippen LogP) is 0.707. The molecule has 0 bridgehead atoms. The summed E-state index contributed by atoms with van der Waals surface area (Å²) in [6, 6.07) is -0.273. The van der Waals surface area contributed by atoms with E-state index in [1.54, 1.807) is 10.9 Å². The highest BCUT2D eigenvalue weighted by Gasteiger charge is 2.22. The SMILES string of the molecule is COC(=O)C(NCc1cnn(C)c1)C(C)C. The monoisotopic (exact) mass is 225 g/mol. The van der Waals surface area contributed by atoms with Crippen molar-refractivity contribution in [3.8, 4) is 0 Å². The molecule has 0 amide bonds. The second-order valence-corrected chi connectivity index (χ2v) is 4.15. The molecule has 16 heavy (non-hydrogen) atoms. The van der Waals surface area contributed by atoms with Gasteiger partial charge < -0.3 is 4.74 Å². The lowest BCUT2D eigenvalue weighted by molar-refractivity contribution is -0.144. The predicted molar refractivity (Wildman–Crippen MR) is 60.7 cm³/mol. The number of aromatic nitrogens is 2. The fraction of sp³-hybridized carbons (Fsp3) is 0.636. The Bertz CT molecular complexity index is 347. The molecule has 1 aromatic heterocycles. The molecule has 1 heterocycles. The van der Waals surface area contributed by atoms with Crippen molar-refractivity contribution in [1.29, 1.82) is 0 Å². The van der Waals surface area contributed by atoms with Gasteiger partial charge in [-0.3, -0.25) is 14.8 Å². The Labute approximate surface area is 95.8 Å². The maximum absolute atomic E-state index is 11.5. The molecule has 0 fully saturated rings. The average Bonchev–Trinajstić information content (AvgIpc) is 2.63. The van der Waals surface area contributed by atoms with Crippen molar-refractivity contribution in [2.24, 2.45) is 13.0 Å². The number of carbonyl (C=O) groups is 1. The van der Waals surface area contributed by atoms with Crippen LogP contribution in [-0.4, -0.2) is 28.9 Å². The highest BCUT2D eigenvalue weighted by Crippen LogP contribution is 2.05. The van der Waals surface area contributed by atoms with E-state index in [2.05, 4.69) is 10.4 Å². The minimum absolute atomic E-state index is 0.198. The Morgan fingerprint density at radius 3 is 2.75 bits per heavy atom. The molecule has 1 unspecified atom stereocenters. The standard InChI is InChI=1S/C11H19N3O2/c1-8(2)10(11(15)16-4)12-5-9-6-13-14(3)7-9/h6-8,10,12H,5H2,1-4H3. The van der Waals surface area contributed by atoms with Crippen LogP contribution in [0.25, 0.3) is 0 Å². The smallest absolute Gasteiger partial charge is 0.323 e. The number of rotatable bonds is 5. The number of carbonyl (C=O) groups excluding carboxylic acids is 1. The quantitative estimate of drug-likeness (QED) is 0.750. The molecule has 1 N–H and O–H groups in total. The molecule has 0 aliphatic carbocycles. The van der Waals surface area contributed by atoms with Gasteiger partial charge in [0, 0.05) is 25.4 Å². The molecule has 0 aliphatic heterocycles. The van der Waals surface area contributed by atoms with E-state index in [9.17, 15) is 4.79 Å². The summed E-state index contributed by atoms with van der Waals surface area (Å²) in [7, 11) is 3.27. The van der Waals surface area contributed by atoms with Gasteiger partial charge in [0.1, 0.15) is 6.04 Å². The van der Waals surface area contributed by atoms with Gasteiger partial charge in [0.15, 0.2) is 0 Å². The minimum atomic E-state index is -0.273. The first-order chi connectivity index (χ1) is 7.54. The number of ether oxygens (including phenoxy) is 1. The Kier molecular flexibility index (Phi) is 4.49. The summed E-state index contributed by atoms with van der Waals surface area (Å²) in [5, 5.41) is 7.24. The highest BCUT2D eigenvalue weighted by atomic mass is 16.5. The lowest BCUT2D eigenvalue weighted by Gasteiger charge is -2.19. The van der Waals surface area contributed by atoms with Crippen LogP contribution in [0.2, 0.25) is 0 Å². The lowest BCUT2D eigenvalue weighted by atomic mass is 10.0. The number of aryl methyl sites for hydroxylation is 1. The molecule has 5 nitrogen and oxygen atoms in total. The highest BCUT2D eigenvalue weighted by molar-refractivity contribution is 5.75. The number of hydrogen-bond acceptors (Lipinski definition) is 4. The second kappa shape index (κ2) is 5.65. The summed E-state index contributed by atoms with van der Waals surface area (Å²) in [6.07, 6.45) is 3.70. The van der Waals surface area contributed by atoms with Crippen molar-refractivity contribution in [1.82, 2.24) is 15.1 Å². The van der Waals surface area contributed by atoms with E-state index in [4.69, 9.17) is 4.74 Å². The van der Waals surface area contributed by atoms with Crippen LogP contribution in [0.3, 0.4) is 0 Å². The van der Waals surface area contributed by atoms with E-state index in [0.29, 0.717) is 6.54 Å². The van der Waals surface area contributed by atoms with Gasteiger partial charge in [0.25, 0.3) is 0 Å². The number of nitrogens with zero attached hydrogens (tertiary/aromatic N) is 2. The molecule has 90 valence electrons. The Morgan fingerprint density at radius 2 is 2.31 bits per heavy atom. The van der Waals surface area contributed by atoms with Gasteiger partial charge in [-0.15, -0.1) is 0 Å². The summed E-state index contributed by atoms with van der Waals surface area (Å²) >= 11 is 0. The molecule has 1 rings (SSSR count). The zero-order chi connectivity index (χ0) is 12.1. The van der Waals surface area contributed by atoms with E-state index in [0.717, 1.165) is 5.56 Å². The molecule has 0 saturated heterocycles. The lowest BCUT2D eigenvalue weighted by Crippen LogP contribution is -2.41. The third-order valence-electron chi connectivity index (χ3n) is 2.41. The summed E-state index contributed by atoms with van der Waals surface area (Å²) in [4.78, 5) is 11.5. The fourth-order valence-corrected chi connectivity index (χ4v) is 1.51. The van der Waals surface area contributed by atoms with Crippen molar-refractivity contribution in [3.05, 3.63) is 18.0 Å². The first-order valence-electron chi connectivity index (χ1n) is 5.33. The Hall–Kier alpha value is -1.36. The largest absolute Gasteiger partial charge is 0.468 e. The van der Waals surface area contributed by atoms with Crippen LogP contribution in [0, 0.1) is 5.92 Å². The molecule has 1 aromatic rings. The number of esters is 1. The van der Waals surface area contributed by atoms with Crippen LogP contribution < -0.4 is 5.32 Å². The van der Waals surface area contributed by atoms with Gasteiger partial charge in [-0.1, -0.05) is 13.8 Å². The zero-order valence-electron chi connectivity index (χ0n) is 10.2. The van der Waals surface area contributed by atoms with Gasteiger partial charge in [0.05, 0.1) is 13.3 Å². The fourth-order valence-electron chi connectivity index (χ4n) is 1.51. The van der Waals surface area contributed by atoms with Crippen LogP contribution in [0.5, 0.6) is 0 Å². The van der Waals surface area contributed by atoms with Gasteiger partial charge in [-0.05, 0) is 5.92 Å². The van der Waals surface area contributed by atoms with Crippen LogP contribution in [0.15, 0.2) is 12.4 Å². The van der Waals surface area contributed by atoms with Crippen LogP contribution in [0.4, 0.5) is 0 Å². The van der Waals surface area contributed by atoms with Gasteiger partial charge in [-0.25, -0.2) is 0 Å². The Morgan fingerprint density at radius 1 is 1.62 bits per heavy atom. The number of methoxy groups -OCH3 is 1. The molecular formula is C11H19N3O2. The van der Waals surface area contributed by atoms with Crippen LogP contribution in [0.1, 0.15) is 19.4 Å². The van der Waals surface area contributed by atoms with Gasteiger partial charge in [0.2, 0.25) is 0 Å². The molecular weight excluding hydrogens is 206 g/mol. The van der Waals surface area contributed by atoms with Crippen molar-refractivity contribution in [2.75, 3.05) is 7.11 Å². The molecule has 0 aliphatic rings. The normalized spacial score (nSPS) is 12.8. The third-order valence-corrected chi connectivity index (χ3v) is 2.41. The molecule has 0 radical (unpaired) electrons. The van der Waals surface area contributed by atoms with E-state index in [-0.39, 0.29) is 17.9 Å². The summed E-state index contributed by atoms with van der Waals surface area (Å²) < 4.78 is 6.48. The first kappa shape index (κ1) is 12.7. The molecule has 0 saturated carbocycles. The van der Waals surface area contributed by atoms with E-state index < -0.39 is 0 Å². The maximum Gasteiger partial charge on any atom is 0.323 e. The first-order valence-corrected chi connectivity index (χ1v) is 5.33. The summed E-state index contributed by atoms with van der Waals surface area (Å²) in [5.74, 6) is -0.0250. The van der Waals surface area contributed by atoms with E-state index in [1.165, 1.54) is 7.11 Å². The number of nitrogens with one attached hydrogen (secondary N) is 1. The van der Waals surface area contributed by atoms with Gasteiger partial charge >= 0.3 is 5.97 Å². The Balaban J connectivity index is 2.53. The van der Waals surface area contributed by atoms with Crippen LogP contribution in [-0.2, 0) is 23.1 Å². The zero-order valence-corrected chi connectivity index (χ0v) is 10.2. The molecule has 5 heteroatoms. The third kappa shape index (κ3) is 3.34. The van der Waals surface area contributed by atoms with Crippen molar-refractivity contribution < 1.29 is 9.53 Å². The van der Waals surface area contributed by atoms with Gasteiger partial charge in [-0.2, -0.15) is 5.10 Å². The summed E-state index contributed by atoms with van der Waals surface area (Å²) in [5.41, 5.74) is 1.05. The molecule has 0 aromatic carbocycles. The summed E-state index contributed by atoms with van der Waals surface area (Å²) in [6.45, 7) is 4.58. The minimum Gasteiger partial charge on any atom is -0.468 e.